The van der Waals surface area contributed by atoms with Crippen LogP contribution >= 0.6 is 34.0 Å². The first-order valence-corrected chi connectivity index (χ1v) is 37.2. The van der Waals surface area contributed by atoms with Crippen molar-refractivity contribution in [2.24, 2.45) is 35.5 Å². The van der Waals surface area contributed by atoms with Gasteiger partial charge in [-0.15, -0.1) is 34.0 Å². The zero-order chi connectivity index (χ0) is 61.7. The highest BCUT2D eigenvalue weighted by molar-refractivity contribution is 7.10. The molecule has 0 radical (unpaired) electrons. The number of carbonyl (C=O) groups excluding carboxylic acids is 3. The van der Waals surface area contributed by atoms with Gasteiger partial charge in [0.15, 0.2) is 35.1 Å². The molecule has 12 heterocycles. The van der Waals surface area contributed by atoms with Crippen LogP contribution in [0.4, 0.5) is 0 Å². The van der Waals surface area contributed by atoms with Crippen LogP contribution < -0.4 is 50.9 Å². The number of nitrogens with zero attached hydrogens (tertiary/aromatic N) is 3. The topological polar surface area (TPSA) is 210 Å². The summed E-state index contributed by atoms with van der Waals surface area (Å²) in [6, 6.07) is 11.4. The van der Waals surface area contributed by atoms with Crippen LogP contribution in [0, 0.1) is 35.5 Å². The van der Waals surface area contributed by atoms with Crippen molar-refractivity contribution in [2.45, 2.75) is 196 Å². The number of halogens is 3. The molecule has 22 heteroatoms. The summed E-state index contributed by atoms with van der Waals surface area (Å²) in [6.45, 7) is 14.3. The van der Waals surface area contributed by atoms with Crippen molar-refractivity contribution in [3.63, 3.8) is 0 Å². The molecule has 16 nitrogen and oxygen atoms in total. The van der Waals surface area contributed by atoms with E-state index in [2.05, 4.69) is 0 Å². The molecule has 0 unspecified atom stereocenters. The number of piperidine rings is 9. The lowest BCUT2D eigenvalue weighted by atomic mass is 9.82. The monoisotopic (exact) mass is 1520 g/mol. The molecule has 9 saturated heterocycles. The fourth-order valence-electron chi connectivity index (χ4n) is 17.7. The van der Waals surface area contributed by atoms with E-state index in [0.717, 1.165) is 235 Å². The molecule has 0 amide bonds. The van der Waals surface area contributed by atoms with E-state index < -0.39 is 34.7 Å². The molecule has 12 fully saturated rings. The Morgan fingerprint density at radius 2 is 0.703 bits per heavy atom. The Kier molecular flexibility index (Phi) is 30.3. The van der Waals surface area contributed by atoms with E-state index >= 15 is 0 Å². The summed E-state index contributed by atoms with van der Waals surface area (Å²) in [4.78, 5) is 42.4. The summed E-state index contributed by atoms with van der Waals surface area (Å²) in [7, 11) is 0. The molecule has 6 bridgehead atoms. The second-order valence-corrected chi connectivity index (χ2v) is 31.2. The van der Waals surface area contributed by atoms with E-state index in [9.17, 15) is 29.7 Å². The molecule has 15 rings (SSSR count). The number of aliphatic hydroxyl groups is 6. The van der Waals surface area contributed by atoms with Gasteiger partial charge in [-0.25, -0.2) is 14.4 Å². The van der Waals surface area contributed by atoms with Gasteiger partial charge in [0.2, 0.25) is 0 Å². The Labute approximate surface area is 585 Å². The minimum atomic E-state index is -1.51. The number of thiophene rings is 3. The third-order valence-electron chi connectivity index (χ3n) is 23.1. The smallest absolute Gasteiger partial charge is 0.344 e. The van der Waals surface area contributed by atoms with Crippen LogP contribution in [0.5, 0.6) is 0 Å². The van der Waals surface area contributed by atoms with Gasteiger partial charge in [-0.3, -0.25) is 0 Å². The van der Waals surface area contributed by atoms with Crippen molar-refractivity contribution < 1.29 is 128 Å². The van der Waals surface area contributed by atoms with Crippen LogP contribution in [-0.2, 0) is 50.1 Å². The molecule has 3 aromatic rings. The van der Waals surface area contributed by atoms with E-state index in [1.165, 1.54) is 66.6 Å². The highest BCUT2D eigenvalue weighted by Gasteiger charge is 2.57. The molecular formula is C69H108Br3N3O13S3. The van der Waals surface area contributed by atoms with E-state index in [-0.39, 0.29) is 107 Å². The standard InChI is InChI=1S/C24H38NO4S.C23H36NO4S.C22H34NO5S.3BrH/c26-16-6-2-1-5-13-25-14-11-19(12-15-25)21(18-25)29-23(27)24(28,20-8-3-4-9-20)22-10-7-17-30-22;25-15-5-1-4-12-24-13-10-18(11-14-24)20(17-24)28-22(26)23(27,19-7-2-3-8-19)21-9-6-16-29-21;24-12-14-27-13-11-23-9-7-17(8-10-23)19(16-23)28-21(25)22(26,18-4-1-2-5-18)20-6-3-15-29-20;;;/h7,10,17,19-21,26,28H,1-6,8-9,11-16,18H2;6,9,16,18-20,25,27H,1-5,7-8,10-15,17H2;3,6,15,17-19,24,26H,1-2,4-5,7-14,16H2;3*1H/q3*+1;;;/p-3/t19?,21-,24+,25?;18?,20-,23+,24?;17?,19-,22-,23?;;;/m001.../s1. The van der Waals surface area contributed by atoms with Crippen LogP contribution in [0.25, 0.3) is 0 Å². The van der Waals surface area contributed by atoms with Gasteiger partial charge in [-0.1, -0.05) is 63.1 Å². The molecular weight excluding hydrogens is 1410 g/mol. The van der Waals surface area contributed by atoms with E-state index in [0.29, 0.717) is 31.0 Å². The van der Waals surface area contributed by atoms with Crippen molar-refractivity contribution in [3.8, 4) is 0 Å². The Morgan fingerprint density at radius 1 is 0.407 bits per heavy atom. The molecule has 12 aliphatic rings. The highest BCUT2D eigenvalue weighted by Crippen LogP contribution is 2.48. The second kappa shape index (κ2) is 35.9. The Bertz CT molecular complexity index is 2470. The van der Waals surface area contributed by atoms with Crippen molar-refractivity contribution >= 4 is 51.9 Å². The molecule has 6 atom stereocenters. The maximum Gasteiger partial charge on any atom is 0.344 e. The number of unbranched alkanes of at least 4 members (excludes halogenated alkanes) is 5. The average Bonchev–Trinajstić information content (AvgIpc) is 1.81. The lowest BCUT2D eigenvalue weighted by Gasteiger charge is -2.52. The van der Waals surface area contributed by atoms with Gasteiger partial charge in [0.05, 0.1) is 72.2 Å². The molecule has 6 N–H and O–H groups in total. The van der Waals surface area contributed by atoms with Crippen LogP contribution in [-0.4, -0.2) is 192 Å². The van der Waals surface area contributed by atoms with Gasteiger partial charge < -0.3 is 114 Å². The van der Waals surface area contributed by atoms with Crippen molar-refractivity contribution in [1.82, 2.24) is 0 Å². The van der Waals surface area contributed by atoms with Gasteiger partial charge in [0, 0.05) is 102 Å². The maximum absolute atomic E-state index is 13.4. The zero-order valence-electron chi connectivity index (χ0n) is 53.8. The van der Waals surface area contributed by atoms with Crippen molar-refractivity contribution in [2.75, 3.05) is 112 Å². The number of aliphatic hydroxyl groups excluding tert-OH is 3. The quantitative estimate of drug-likeness (QED) is 0.0255. The van der Waals surface area contributed by atoms with E-state index in [1.54, 1.807) is 0 Å². The van der Waals surface area contributed by atoms with Gasteiger partial charge >= 0.3 is 17.9 Å². The predicted molar refractivity (Wildman–Crippen MR) is 342 cm³/mol. The fourth-order valence-corrected chi connectivity index (χ4v) is 20.4. The lowest BCUT2D eigenvalue weighted by molar-refractivity contribution is -0.946. The highest BCUT2D eigenvalue weighted by atomic mass is 79.9. The number of quaternary nitrogens is 3. The summed E-state index contributed by atoms with van der Waals surface area (Å²) in [6.07, 6.45) is 25.4. The van der Waals surface area contributed by atoms with Crippen LogP contribution in [0.2, 0.25) is 0 Å². The molecule has 516 valence electrons. The summed E-state index contributed by atoms with van der Waals surface area (Å²) < 4.78 is 26.9. The second-order valence-electron chi connectivity index (χ2n) is 28.4. The van der Waals surface area contributed by atoms with Gasteiger partial charge in [-0.05, 0) is 111 Å². The molecule has 0 spiro atoms. The fraction of sp³-hybridized carbons (Fsp3) is 0.783. The van der Waals surface area contributed by atoms with Crippen LogP contribution in [0.3, 0.4) is 0 Å². The number of carbonyl (C=O) groups is 3. The minimum Gasteiger partial charge on any atom is -1.00 e. The largest absolute Gasteiger partial charge is 1.00 e. The predicted octanol–water partition coefficient (Wildman–Crippen LogP) is 0.570. The number of fused-ring (bicyclic) bond motifs is 9. The lowest BCUT2D eigenvalue weighted by Crippen LogP contribution is -3.00. The first-order chi connectivity index (χ1) is 42.7. The molecule has 3 aliphatic carbocycles. The van der Waals surface area contributed by atoms with Gasteiger partial charge in [0.25, 0.3) is 0 Å². The minimum absolute atomic E-state index is 0. The number of hydrogen-bond donors (Lipinski definition) is 6. The first-order valence-electron chi connectivity index (χ1n) is 34.6. The van der Waals surface area contributed by atoms with Crippen molar-refractivity contribution in [1.29, 1.82) is 0 Å². The molecule has 0 aromatic carbocycles. The van der Waals surface area contributed by atoms with Crippen molar-refractivity contribution in [3.05, 3.63) is 67.2 Å². The van der Waals surface area contributed by atoms with Crippen LogP contribution in [0.1, 0.15) is 175 Å². The Hall–Kier alpha value is -1.45. The maximum atomic E-state index is 13.4. The number of esters is 3. The third kappa shape index (κ3) is 18.1. The number of ether oxygens (including phenoxy) is 4. The Balaban J connectivity index is 0.000000191. The Morgan fingerprint density at radius 3 is 0.989 bits per heavy atom. The molecule has 9 aliphatic heterocycles. The first kappa shape index (κ1) is 76.9. The summed E-state index contributed by atoms with van der Waals surface area (Å²) in [5.41, 5.74) is -4.47. The zero-order valence-corrected chi connectivity index (χ0v) is 61.0. The van der Waals surface area contributed by atoms with Gasteiger partial charge in [0.1, 0.15) is 26.2 Å². The molecule has 3 aromatic heterocycles. The average molecular weight is 1520 g/mol. The normalized spacial score (nSPS) is 30.4. The summed E-state index contributed by atoms with van der Waals surface area (Å²) in [5, 5.41) is 67.6. The third-order valence-corrected chi connectivity index (χ3v) is 26.1. The number of hydrogen-bond acceptors (Lipinski definition) is 16. The summed E-state index contributed by atoms with van der Waals surface area (Å²) >= 11 is 4.37. The van der Waals surface area contributed by atoms with Gasteiger partial charge in [-0.2, -0.15) is 0 Å². The number of rotatable bonds is 28. The SMILES string of the molecule is O=C(O[C@@H]1C[N+]2(CCOCCO)CCC1CC2)[C@](O)(c1cccs1)C1CCCC1.O=C(O[C@H]1C[N+]2(CCCCCCO)CCC1CC2)[C@](O)(c1cccs1)C1CCCC1.O=C(O[C@H]1C[N+]2(CCCCCO)CCC1CC2)[C@](O)(c1cccs1)C1CCCC1.[Br-].[Br-].[Br-]. The summed E-state index contributed by atoms with van der Waals surface area (Å²) in [5.74, 6) is -0.0953. The molecule has 91 heavy (non-hydrogen) atoms. The van der Waals surface area contributed by atoms with E-state index in [1.807, 2.05) is 52.5 Å². The molecule has 3 saturated carbocycles. The van der Waals surface area contributed by atoms with Crippen LogP contribution in [0.15, 0.2) is 52.5 Å². The van der Waals surface area contributed by atoms with E-state index in [4.69, 9.17) is 34.3 Å².